The Morgan fingerprint density at radius 2 is 0.354 bits per heavy atom. The number of unbranched alkanes of at least 4 members (excludes halogenated alkanes) is 69. The van der Waals surface area contributed by atoms with E-state index in [-0.39, 0.29) is 25.7 Å². The molecule has 5 atom stereocenters. The molecule has 0 saturated carbocycles. The van der Waals surface area contributed by atoms with Crippen LogP contribution in [0.15, 0.2) is 0 Å². The van der Waals surface area contributed by atoms with Crippen LogP contribution in [0.4, 0.5) is 0 Å². The molecule has 0 spiro atoms. The van der Waals surface area contributed by atoms with Crippen molar-refractivity contribution >= 4 is 39.5 Å². The number of hydrogen-bond donors (Lipinski definition) is 3. The molecule has 0 aromatic carbocycles. The summed E-state index contributed by atoms with van der Waals surface area (Å²) in [6, 6.07) is 0. The SMILES string of the molecule is CCCCCCCCCCCCCCCCCCCCCCCC(=O)OC[C@H](COP(=O)(O)OC[C@@H](O)COP(=O)(O)OC[C@@H](COC(=O)CCCCCCCCCCCC)OC(=O)CCCCCCCCCCCCCCCCCCCCCCC)OC(=O)CCCCCCCCCCCCCCCCCCCCCCC. The van der Waals surface area contributed by atoms with Gasteiger partial charge in [0.1, 0.15) is 19.3 Å². The zero-order chi connectivity index (χ0) is 82.4. The number of aliphatic hydroxyl groups excluding tert-OH is 1. The Hall–Kier alpha value is -1.94. The fourth-order valence-corrected chi connectivity index (χ4v) is 16.5. The minimum atomic E-state index is -4.97. The van der Waals surface area contributed by atoms with Crippen LogP contribution in [0.2, 0.25) is 0 Å². The summed E-state index contributed by atoms with van der Waals surface area (Å²) < 4.78 is 69.1. The Balaban J connectivity index is 5.19. The van der Waals surface area contributed by atoms with E-state index in [1.54, 1.807) is 0 Å². The third-order valence-corrected chi connectivity index (χ3v) is 24.3. The van der Waals surface area contributed by atoms with Crippen LogP contribution in [0.5, 0.6) is 0 Å². The maximum Gasteiger partial charge on any atom is 0.472 e. The van der Waals surface area contributed by atoms with Crippen molar-refractivity contribution in [3.63, 3.8) is 0 Å². The molecule has 0 aliphatic carbocycles. The van der Waals surface area contributed by atoms with E-state index in [9.17, 15) is 43.2 Å². The first kappa shape index (κ1) is 111. The molecule has 0 bridgehead atoms. The van der Waals surface area contributed by atoms with Gasteiger partial charge in [0.2, 0.25) is 0 Å². The highest BCUT2D eigenvalue weighted by Crippen LogP contribution is 2.45. The van der Waals surface area contributed by atoms with Crippen molar-refractivity contribution in [3.05, 3.63) is 0 Å². The molecule has 17 nitrogen and oxygen atoms in total. The number of ether oxygens (including phenoxy) is 4. The predicted molar refractivity (Wildman–Crippen MR) is 469 cm³/mol. The Morgan fingerprint density at radius 3 is 0.522 bits per heavy atom. The zero-order valence-electron chi connectivity index (χ0n) is 74.4. The van der Waals surface area contributed by atoms with Gasteiger partial charge < -0.3 is 33.8 Å². The van der Waals surface area contributed by atoms with Crippen molar-refractivity contribution in [1.82, 2.24) is 0 Å². The molecule has 672 valence electrons. The van der Waals surface area contributed by atoms with Crippen LogP contribution in [0, 0.1) is 0 Å². The summed E-state index contributed by atoms with van der Waals surface area (Å²) in [5.74, 6) is -2.09. The van der Waals surface area contributed by atoms with Gasteiger partial charge in [-0.25, -0.2) is 9.13 Å². The highest BCUT2D eigenvalue weighted by molar-refractivity contribution is 7.47. The number of phosphoric acid groups is 2. The minimum absolute atomic E-state index is 0.110. The lowest BCUT2D eigenvalue weighted by Crippen LogP contribution is -2.30. The Bertz CT molecular complexity index is 2120. The summed E-state index contributed by atoms with van der Waals surface area (Å²) in [4.78, 5) is 73.5. The van der Waals surface area contributed by atoms with E-state index in [0.29, 0.717) is 25.7 Å². The summed E-state index contributed by atoms with van der Waals surface area (Å²) in [6.45, 7) is 5.09. The lowest BCUT2D eigenvalue weighted by atomic mass is 10.0. The molecule has 0 aromatic heterocycles. The lowest BCUT2D eigenvalue weighted by Gasteiger charge is -2.21. The van der Waals surface area contributed by atoms with E-state index in [2.05, 4.69) is 27.7 Å². The Morgan fingerprint density at radius 1 is 0.212 bits per heavy atom. The smallest absolute Gasteiger partial charge is 0.462 e. The van der Waals surface area contributed by atoms with Gasteiger partial charge in [0, 0.05) is 25.7 Å². The largest absolute Gasteiger partial charge is 0.472 e. The topological polar surface area (TPSA) is 237 Å². The van der Waals surface area contributed by atoms with Gasteiger partial charge in [-0.2, -0.15) is 0 Å². The molecule has 0 saturated heterocycles. The Labute approximate surface area is 696 Å². The molecule has 0 radical (unpaired) electrons. The molecule has 2 unspecified atom stereocenters. The number of carbonyl (C=O) groups is 4. The molecular weight excluding hydrogens is 1460 g/mol. The van der Waals surface area contributed by atoms with Crippen LogP contribution in [0.3, 0.4) is 0 Å². The van der Waals surface area contributed by atoms with Crippen LogP contribution in [0.25, 0.3) is 0 Å². The molecule has 0 heterocycles. The van der Waals surface area contributed by atoms with Crippen LogP contribution in [-0.2, 0) is 65.4 Å². The van der Waals surface area contributed by atoms with Gasteiger partial charge in [0.25, 0.3) is 0 Å². The van der Waals surface area contributed by atoms with Gasteiger partial charge in [-0.3, -0.25) is 37.3 Å². The second kappa shape index (κ2) is 87.9. The minimum Gasteiger partial charge on any atom is -0.462 e. The van der Waals surface area contributed by atoms with Crippen LogP contribution in [-0.4, -0.2) is 96.7 Å². The van der Waals surface area contributed by atoms with Crippen molar-refractivity contribution in [2.45, 2.75) is 540 Å². The summed E-state index contributed by atoms with van der Waals surface area (Å²) in [5, 5.41) is 10.7. The quantitative estimate of drug-likeness (QED) is 0.0222. The van der Waals surface area contributed by atoms with E-state index in [0.717, 1.165) is 89.9 Å². The fraction of sp³-hybridized carbons (Fsp3) is 0.957. The molecule has 0 aliphatic heterocycles. The number of esters is 4. The molecule has 3 N–H and O–H groups in total. The van der Waals surface area contributed by atoms with Crippen molar-refractivity contribution in [2.24, 2.45) is 0 Å². The zero-order valence-corrected chi connectivity index (χ0v) is 76.2. The van der Waals surface area contributed by atoms with Crippen LogP contribution < -0.4 is 0 Å². The second-order valence-corrected chi connectivity index (χ2v) is 36.7. The maximum absolute atomic E-state index is 13.2. The number of carbonyl (C=O) groups excluding carboxylic acids is 4. The molecule has 0 rings (SSSR count). The summed E-state index contributed by atoms with van der Waals surface area (Å²) in [5.41, 5.74) is 0. The van der Waals surface area contributed by atoms with Crippen molar-refractivity contribution < 1.29 is 80.2 Å². The first-order valence-electron chi connectivity index (χ1n) is 48.8. The standard InChI is InChI=1S/C94H184O17P2/c1-5-9-13-17-21-25-29-32-35-38-41-44-47-50-53-56-59-63-67-71-75-79-92(97)105-85-90(111-94(99)81-77-73-69-65-61-58-55-52-49-46-43-40-37-34-31-27-23-19-15-11-7-3)87-109-113(102,103)107-83-88(95)82-106-112(100,101)108-86-89(84-104-91(96)78-74-70-66-62-28-24-20-16-12-8-4)110-93(98)80-76-72-68-64-60-57-54-51-48-45-42-39-36-33-30-26-22-18-14-10-6-2/h88-90,95H,5-87H2,1-4H3,(H,100,101)(H,102,103)/t88-,89+,90+/m0/s1. The fourth-order valence-electron chi connectivity index (χ4n) is 14.9. The Kier molecular flexibility index (Phi) is 86.4. The number of aliphatic hydroxyl groups is 1. The summed E-state index contributed by atoms with van der Waals surface area (Å²) >= 11 is 0. The summed E-state index contributed by atoms with van der Waals surface area (Å²) in [6.07, 6.45) is 86.4. The predicted octanol–water partition coefficient (Wildman–Crippen LogP) is 29.6. The molecule has 0 fully saturated rings. The molecule has 113 heavy (non-hydrogen) atoms. The number of phosphoric ester groups is 2. The molecule has 0 amide bonds. The van der Waals surface area contributed by atoms with Crippen molar-refractivity contribution in [1.29, 1.82) is 0 Å². The van der Waals surface area contributed by atoms with Crippen molar-refractivity contribution in [3.8, 4) is 0 Å². The van der Waals surface area contributed by atoms with Crippen LogP contribution in [0.1, 0.15) is 522 Å². The van der Waals surface area contributed by atoms with E-state index in [4.69, 9.17) is 37.0 Å². The van der Waals surface area contributed by atoms with Crippen LogP contribution >= 0.6 is 15.6 Å². The van der Waals surface area contributed by atoms with Gasteiger partial charge in [0.05, 0.1) is 26.4 Å². The number of hydrogen-bond acceptors (Lipinski definition) is 15. The molecular formula is C94H184O17P2. The average Bonchev–Trinajstić information content (AvgIpc) is 0.900. The first-order valence-corrected chi connectivity index (χ1v) is 51.8. The average molecular weight is 1650 g/mol. The monoisotopic (exact) mass is 1650 g/mol. The first-order chi connectivity index (χ1) is 55.2. The van der Waals surface area contributed by atoms with E-state index in [1.807, 2.05) is 0 Å². The lowest BCUT2D eigenvalue weighted by molar-refractivity contribution is -0.161. The summed E-state index contributed by atoms with van der Waals surface area (Å²) in [7, 11) is -9.94. The molecule has 0 aromatic rings. The number of rotatable bonds is 95. The third-order valence-electron chi connectivity index (χ3n) is 22.4. The third kappa shape index (κ3) is 87.7. The van der Waals surface area contributed by atoms with Gasteiger partial charge >= 0.3 is 39.5 Å². The van der Waals surface area contributed by atoms with E-state index >= 15 is 0 Å². The highest BCUT2D eigenvalue weighted by Gasteiger charge is 2.31. The van der Waals surface area contributed by atoms with Gasteiger partial charge in [-0.15, -0.1) is 0 Å². The van der Waals surface area contributed by atoms with E-state index < -0.39 is 97.5 Å². The second-order valence-electron chi connectivity index (χ2n) is 33.8. The normalized spacial score (nSPS) is 13.6. The van der Waals surface area contributed by atoms with Gasteiger partial charge in [0.15, 0.2) is 12.2 Å². The van der Waals surface area contributed by atoms with Crippen molar-refractivity contribution in [2.75, 3.05) is 39.6 Å². The van der Waals surface area contributed by atoms with Gasteiger partial charge in [-0.05, 0) is 25.7 Å². The van der Waals surface area contributed by atoms with Gasteiger partial charge in [-0.1, -0.05) is 471 Å². The molecule has 0 aliphatic rings. The molecule has 19 heteroatoms. The maximum atomic E-state index is 13.2. The highest BCUT2D eigenvalue weighted by atomic mass is 31.2. The van der Waals surface area contributed by atoms with E-state index in [1.165, 1.54) is 353 Å².